The van der Waals surface area contributed by atoms with Gasteiger partial charge in [-0.05, 0) is 63.0 Å². The van der Waals surface area contributed by atoms with E-state index >= 15 is 0 Å². The molecule has 0 fully saturated rings. The summed E-state index contributed by atoms with van der Waals surface area (Å²) >= 11 is 3.45. The summed E-state index contributed by atoms with van der Waals surface area (Å²) in [5.41, 5.74) is 3.89. The number of halogens is 1. The third-order valence-electron chi connectivity index (χ3n) is 4.62. The fourth-order valence-electron chi connectivity index (χ4n) is 3.15. The largest absolute Gasteiger partial charge is 0.493 e. The first-order chi connectivity index (χ1) is 14.6. The minimum atomic E-state index is -0.497. The summed E-state index contributed by atoms with van der Waals surface area (Å²) in [5, 5.41) is 0. The molecule has 0 saturated heterocycles. The monoisotopic (exact) mass is 463 g/mol. The average molecular weight is 464 g/mol. The van der Waals surface area contributed by atoms with Gasteiger partial charge in [-0.2, -0.15) is 0 Å². The first-order valence-electron chi connectivity index (χ1n) is 9.19. The second-order valence-corrected chi connectivity index (χ2v) is 7.37. The van der Waals surface area contributed by atoms with Crippen LogP contribution in [0.25, 0.3) is 17.2 Å². The second kappa shape index (κ2) is 8.55. The zero-order valence-electron chi connectivity index (χ0n) is 16.4. The molecule has 4 rings (SSSR count). The van der Waals surface area contributed by atoms with Gasteiger partial charge in [0.1, 0.15) is 0 Å². The van der Waals surface area contributed by atoms with Crippen LogP contribution in [-0.2, 0) is 9.53 Å². The van der Waals surface area contributed by atoms with E-state index in [-0.39, 0.29) is 11.6 Å². The molecule has 1 aliphatic heterocycles. The highest BCUT2D eigenvalue weighted by atomic mass is 79.9. The van der Waals surface area contributed by atoms with Crippen LogP contribution in [0, 0.1) is 0 Å². The second-order valence-electron chi connectivity index (χ2n) is 6.52. The number of rotatable bonds is 5. The Morgan fingerprint density at radius 2 is 1.57 bits per heavy atom. The van der Waals surface area contributed by atoms with Crippen molar-refractivity contribution in [3.8, 4) is 22.6 Å². The molecule has 0 atom stereocenters. The number of nitrogens with zero attached hydrogens (tertiary/aromatic N) is 1. The van der Waals surface area contributed by atoms with Gasteiger partial charge in [-0.3, -0.25) is 0 Å². The first kappa shape index (κ1) is 19.9. The molecule has 0 aliphatic carbocycles. The van der Waals surface area contributed by atoms with Crippen molar-refractivity contribution in [2.75, 3.05) is 14.2 Å². The van der Waals surface area contributed by atoms with Crippen LogP contribution < -0.4 is 9.47 Å². The maximum atomic E-state index is 12.3. The molecule has 0 aromatic heterocycles. The van der Waals surface area contributed by atoms with Gasteiger partial charge in [0.2, 0.25) is 5.90 Å². The summed E-state index contributed by atoms with van der Waals surface area (Å²) in [7, 11) is 3.12. The highest BCUT2D eigenvalue weighted by molar-refractivity contribution is 9.10. The van der Waals surface area contributed by atoms with Gasteiger partial charge in [0.25, 0.3) is 0 Å². The number of benzene rings is 3. The predicted octanol–water partition coefficient (Wildman–Crippen LogP) is 5.48. The lowest BCUT2D eigenvalue weighted by atomic mass is 10.0. The summed E-state index contributed by atoms with van der Waals surface area (Å²) < 4.78 is 16.8. The summed E-state index contributed by atoms with van der Waals surface area (Å²) in [6, 6.07) is 21.4. The third kappa shape index (κ3) is 4.00. The van der Waals surface area contributed by atoms with Crippen molar-refractivity contribution >= 4 is 33.9 Å². The topological polar surface area (TPSA) is 57.1 Å². The summed E-state index contributed by atoms with van der Waals surface area (Å²) in [5.74, 6) is 0.913. The molecule has 0 bridgehead atoms. The quantitative estimate of drug-likeness (QED) is 0.371. The van der Waals surface area contributed by atoms with Crippen LogP contribution in [-0.4, -0.2) is 26.1 Å². The van der Waals surface area contributed by atoms with Crippen LogP contribution >= 0.6 is 15.9 Å². The lowest BCUT2D eigenvalue weighted by Gasteiger charge is -2.10. The minimum absolute atomic E-state index is 0.219. The van der Waals surface area contributed by atoms with Gasteiger partial charge in [0.15, 0.2) is 17.2 Å². The maximum absolute atomic E-state index is 12.3. The van der Waals surface area contributed by atoms with Crippen molar-refractivity contribution in [2.24, 2.45) is 4.99 Å². The standard InChI is InChI=1S/C24H18BrNO4/c1-28-21-14-15(12-19(25)22(21)29-2)13-20-24(27)30-23(26-20)18-10-8-17(9-11-18)16-6-4-3-5-7-16/h3-14H,1-2H3/b20-13-. The number of esters is 1. The number of ether oxygens (including phenoxy) is 3. The molecule has 1 heterocycles. The molecule has 0 radical (unpaired) electrons. The lowest BCUT2D eigenvalue weighted by molar-refractivity contribution is -0.129. The molecule has 6 heteroatoms. The molecule has 0 saturated carbocycles. The highest BCUT2D eigenvalue weighted by Gasteiger charge is 2.24. The highest BCUT2D eigenvalue weighted by Crippen LogP contribution is 2.37. The average Bonchev–Trinajstić information content (AvgIpc) is 3.14. The fourth-order valence-corrected chi connectivity index (χ4v) is 3.77. The van der Waals surface area contributed by atoms with E-state index in [1.807, 2.05) is 60.7 Å². The predicted molar refractivity (Wildman–Crippen MR) is 120 cm³/mol. The Balaban J connectivity index is 1.62. The molecule has 1 aliphatic rings. The maximum Gasteiger partial charge on any atom is 0.363 e. The Kier molecular flexibility index (Phi) is 5.68. The summed E-state index contributed by atoms with van der Waals surface area (Å²) in [6.45, 7) is 0. The van der Waals surface area contributed by atoms with Crippen molar-refractivity contribution in [2.45, 2.75) is 0 Å². The number of hydrogen-bond donors (Lipinski definition) is 0. The molecule has 30 heavy (non-hydrogen) atoms. The van der Waals surface area contributed by atoms with Crippen LogP contribution in [0.5, 0.6) is 11.5 Å². The third-order valence-corrected chi connectivity index (χ3v) is 5.21. The van der Waals surface area contributed by atoms with Crippen LogP contribution in [0.1, 0.15) is 11.1 Å². The van der Waals surface area contributed by atoms with Crippen molar-refractivity contribution in [1.29, 1.82) is 0 Å². The molecular formula is C24H18BrNO4. The first-order valence-corrected chi connectivity index (χ1v) is 9.98. The van der Waals surface area contributed by atoms with Gasteiger partial charge < -0.3 is 14.2 Å². The summed E-state index contributed by atoms with van der Waals surface area (Å²) in [4.78, 5) is 16.7. The van der Waals surface area contributed by atoms with Gasteiger partial charge >= 0.3 is 5.97 Å². The number of hydrogen-bond acceptors (Lipinski definition) is 5. The van der Waals surface area contributed by atoms with Gasteiger partial charge in [0, 0.05) is 5.56 Å². The van der Waals surface area contributed by atoms with Gasteiger partial charge in [-0.25, -0.2) is 9.79 Å². The van der Waals surface area contributed by atoms with Gasteiger partial charge in [0.05, 0.1) is 18.7 Å². The van der Waals surface area contributed by atoms with Crippen molar-refractivity contribution < 1.29 is 19.0 Å². The molecule has 3 aromatic carbocycles. The molecule has 0 N–H and O–H groups in total. The number of aliphatic imine (C=N–C) groups is 1. The van der Waals surface area contributed by atoms with Crippen LogP contribution in [0.3, 0.4) is 0 Å². The van der Waals surface area contributed by atoms with Crippen molar-refractivity contribution in [3.63, 3.8) is 0 Å². The minimum Gasteiger partial charge on any atom is -0.493 e. The molecular weight excluding hydrogens is 446 g/mol. The van der Waals surface area contributed by atoms with E-state index in [1.165, 1.54) is 0 Å². The zero-order valence-corrected chi connectivity index (χ0v) is 18.0. The SMILES string of the molecule is COc1cc(/C=C2\N=C(c3ccc(-c4ccccc4)cc3)OC2=O)cc(Br)c1OC. The molecule has 0 unspecified atom stereocenters. The van der Waals surface area contributed by atoms with E-state index in [9.17, 15) is 4.79 Å². The number of cyclic esters (lactones) is 1. The van der Waals surface area contributed by atoms with E-state index in [1.54, 1.807) is 26.4 Å². The van der Waals surface area contributed by atoms with Crippen molar-refractivity contribution in [1.82, 2.24) is 0 Å². The van der Waals surface area contributed by atoms with Crippen LogP contribution in [0.15, 0.2) is 81.9 Å². The van der Waals surface area contributed by atoms with E-state index in [4.69, 9.17) is 14.2 Å². The van der Waals surface area contributed by atoms with Crippen LogP contribution in [0.4, 0.5) is 0 Å². The van der Waals surface area contributed by atoms with E-state index < -0.39 is 5.97 Å². The normalized spacial score (nSPS) is 14.4. The number of carbonyl (C=O) groups excluding carboxylic acids is 1. The number of methoxy groups -OCH3 is 2. The Labute approximate surface area is 182 Å². The van der Waals surface area contributed by atoms with Gasteiger partial charge in [-0.15, -0.1) is 0 Å². The Morgan fingerprint density at radius 1 is 0.900 bits per heavy atom. The number of carbonyl (C=O) groups is 1. The van der Waals surface area contributed by atoms with Gasteiger partial charge in [-0.1, -0.05) is 42.5 Å². The van der Waals surface area contributed by atoms with Crippen LogP contribution in [0.2, 0.25) is 0 Å². The van der Waals surface area contributed by atoms with Crippen molar-refractivity contribution in [3.05, 3.63) is 88.0 Å². The zero-order chi connectivity index (χ0) is 21.1. The molecule has 0 amide bonds. The molecule has 150 valence electrons. The molecule has 0 spiro atoms. The fraction of sp³-hybridized carbons (Fsp3) is 0.0833. The molecule has 5 nitrogen and oxygen atoms in total. The molecule has 3 aromatic rings. The Bertz CT molecular complexity index is 1150. The Morgan fingerprint density at radius 3 is 2.23 bits per heavy atom. The summed E-state index contributed by atoms with van der Waals surface area (Å²) in [6.07, 6.45) is 1.65. The Hall–Kier alpha value is -3.38. The van der Waals surface area contributed by atoms with E-state index in [0.717, 1.165) is 22.3 Å². The van der Waals surface area contributed by atoms with E-state index in [2.05, 4.69) is 20.9 Å². The smallest absolute Gasteiger partial charge is 0.363 e. The van der Waals surface area contributed by atoms with E-state index in [0.29, 0.717) is 16.0 Å². The lowest BCUT2D eigenvalue weighted by Crippen LogP contribution is -2.05.